The van der Waals surface area contributed by atoms with Crippen LogP contribution in [0.25, 0.3) is 0 Å². The van der Waals surface area contributed by atoms with Crippen LogP contribution in [-0.2, 0) is 6.54 Å². The molecule has 1 aromatic carbocycles. The summed E-state index contributed by atoms with van der Waals surface area (Å²) in [6, 6.07) is 7.95. The van der Waals surface area contributed by atoms with Crippen LogP contribution >= 0.6 is 0 Å². The topological polar surface area (TPSA) is 110 Å². The fourth-order valence-electron chi connectivity index (χ4n) is 2.33. The fourth-order valence-corrected chi connectivity index (χ4v) is 2.33. The van der Waals surface area contributed by atoms with Gasteiger partial charge in [-0.05, 0) is 18.1 Å². The van der Waals surface area contributed by atoms with E-state index in [1.807, 2.05) is 31.2 Å². The van der Waals surface area contributed by atoms with Gasteiger partial charge in [0.25, 0.3) is 5.91 Å². The number of hydrogen-bond acceptors (Lipinski definition) is 5. The lowest BCUT2D eigenvalue weighted by Crippen LogP contribution is -2.19. The maximum Gasteiger partial charge on any atom is 0.356 e. The lowest BCUT2D eigenvalue weighted by molar-refractivity contribution is 0.0685. The van der Waals surface area contributed by atoms with Gasteiger partial charge in [0.05, 0.1) is 18.4 Å². The molecule has 25 heavy (non-hydrogen) atoms. The summed E-state index contributed by atoms with van der Waals surface area (Å²) in [7, 11) is 0. The molecular weight excluding hydrogens is 322 g/mol. The van der Waals surface area contributed by atoms with E-state index in [2.05, 4.69) is 20.4 Å². The normalized spacial score (nSPS) is 10.4. The van der Waals surface area contributed by atoms with Gasteiger partial charge < -0.3 is 10.4 Å². The van der Waals surface area contributed by atoms with Crippen molar-refractivity contribution in [1.29, 1.82) is 0 Å². The van der Waals surface area contributed by atoms with E-state index >= 15 is 0 Å². The van der Waals surface area contributed by atoms with Gasteiger partial charge in [-0.25, -0.2) is 14.8 Å². The molecule has 0 aliphatic carbocycles. The second kappa shape index (κ2) is 6.91. The largest absolute Gasteiger partial charge is 0.476 e. The maximum atomic E-state index is 12.2. The van der Waals surface area contributed by atoms with Crippen LogP contribution in [0.3, 0.4) is 0 Å². The minimum Gasteiger partial charge on any atom is -0.476 e. The summed E-state index contributed by atoms with van der Waals surface area (Å²) in [4.78, 5) is 30.8. The molecule has 0 spiro atoms. The molecule has 3 aromatic rings. The fraction of sp³-hybridized carbons (Fsp3) is 0.118. The summed E-state index contributed by atoms with van der Waals surface area (Å²) in [6.07, 6.45) is 5.65. The third kappa shape index (κ3) is 3.69. The highest BCUT2D eigenvalue weighted by Crippen LogP contribution is 2.12. The zero-order chi connectivity index (χ0) is 17.8. The van der Waals surface area contributed by atoms with Crippen LogP contribution in [0.15, 0.2) is 49.1 Å². The Labute approximate surface area is 143 Å². The molecule has 3 rings (SSSR count). The van der Waals surface area contributed by atoms with Gasteiger partial charge >= 0.3 is 5.97 Å². The van der Waals surface area contributed by atoms with Crippen molar-refractivity contribution in [2.45, 2.75) is 13.5 Å². The van der Waals surface area contributed by atoms with Crippen molar-refractivity contribution in [3.63, 3.8) is 0 Å². The molecule has 0 saturated heterocycles. The Morgan fingerprint density at radius 1 is 1.16 bits per heavy atom. The predicted octanol–water partition coefficient (Wildman–Crippen LogP) is 1.98. The summed E-state index contributed by atoms with van der Waals surface area (Å²) in [6.45, 7) is 2.58. The first-order valence-electron chi connectivity index (χ1n) is 7.47. The number of carbonyl (C=O) groups is 2. The number of nitrogens with zero attached hydrogens (tertiary/aromatic N) is 4. The number of anilines is 1. The van der Waals surface area contributed by atoms with Gasteiger partial charge in [0.2, 0.25) is 0 Å². The average molecular weight is 337 g/mol. The Kier molecular flexibility index (Phi) is 4.51. The summed E-state index contributed by atoms with van der Waals surface area (Å²) in [5.74, 6) is -1.96. The van der Waals surface area contributed by atoms with Gasteiger partial charge in [0.1, 0.15) is 0 Å². The van der Waals surface area contributed by atoms with Crippen molar-refractivity contribution < 1.29 is 14.7 Å². The zero-order valence-corrected chi connectivity index (χ0v) is 13.4. The number of amides is 1. The Balaban J connectivity index is 1.75. The highest BCUT2D eigenvalue weighted by molar-refractivity contribution is 6.08. The van der Waals surface area contributed by atoms with Crippen LogP contribution in [0.5, 0.6) is 0 Å². The molecule has 0 unspecified atom stereocenters. The van der Waals surface area contributed by atoms with Crippen LogP contribution in [-0.4, -0.2) is 36.7 Å². The monoisotopic (exact) mass is 337 g/mol. The van der Waals surface area contributed by atoms with Gasteiger partial charge in [-0.15, -0.1) is 0 Å². The second-order valence-electron chi connectivity index (χ2n) is 5.37. The maximum absolute atomic E-state index is 12.2. The minimum atomic E-state index is -1.31. The summed E-state index contributed by atoms with van der Waals surface area (Å²) in [5, 5.41) is 15.9. The first-order valence-corrected chi connectivity index (χ1v) is 7.47. The SMILES string of the molecule is Cc1ccccc1Cn1cc(NC(=O)c2nccnc2C(=O)O)cn1. The Hall–Kier alpha value is -3.55. The molecule has 126 valence electrons. The van der Waals surface area contributed by atoms with E-state index < -0.39 is 17.6 Å². The summed E-state index contributed by atoms with van der Waals surface area (Å²) in [5.41, 5.74) is 2.06. The number of aromatic nitrogens is 4. The van der Waals surface area contributed by atoms with Gasteiger partial charge in [0.15, 0.2) is 11.4 Å². The number of rotatable bonds is 5. The van der Waals surface area contributed by atoms with E-state index in [4.69, 9.17) is 5.11 Å². The van der Waals surface area contributed by atoms with Gasteiger partial charge in [0, 0.05) is 18.6 Å². The van der Waals surface area contributed by atoms with E-state index in [9.17, 15) is 9.59 Å². The van der Waals surface area contributed by atoms with E-state index in [1.54, 1.807) is 10.9 Å². The molecule has 0 atom stereocenters. The van der Waals surface area contributed by atoms with Crippen molar-refractivity contribution in [2.24, 2.45) is 0 Å². The van der Waals surface area contributed by atoms with Crippen molar-refractivity contribution in [2.75, 3.05) is 5.32 Å². The van der Waals surface area contributed by atoms with Crippen LogP contribution in [0.4, 0.5) is 5.69 Å². The number of hydrogen-bond donors (Lipinski definition) is 2. The van der Waals surface area contributed by atoms with Crippen molar-refractivity contribution in [3.05, 3.63) is 71.6 Å². The molecule has 0 saturated carbocycles. The molecule has 0 aliphatic rings. The number of aromatic carboxylic acids is 1. The van der Waals surface area contributed by atoms with Crippen LogP contribution in [0.1, 0.15) is 32.1 Å². The molecular formula is C17H15N5O3. The van der Waals surface area contributed by atoms with Gasteiger partial charge in [-0.2, -0.15) is 5.10 Å². The molecule has 2 heterocycles. The molecule has 8 heteroatoms. The molecule has 2 N–H and O–H groups in total. The lowest BCUT2D eigenvalue weighted by Gasteiger charge is -2.05. The summed E-state index contributed by atoms with van der Waals surface area (Å²) < 4.78 is 1.69. The first kappa shape index (κ1) is 16.3. The number of aryl methyl sites for hydroxylation is 1. The third-order valence-corrected chi connectivity index (χ3v) is 3.60. The quantitative estimate of drug-likeness (QED) is 0.736. The third-order valence-electron chi connectivity index (χ3n) is 3.60. The Bertz CT molecular complexity index is 935. The van der Waals surface area contributed by atoms with Gasteiger partial charge in [-0.3, -0.25) is 9.48 Å². The molecule has 2 aromatic heterocycles. The van der Waals surface area contributed by atoms with E-state index in [0.29, 0.717) is 12.2 Å². The first-order chi connectivity index (χ1) is 12.0. The Morgan fingerprint density at radius 2 is 1.88 bits per heavy atom. The smallest absolute Gasteiger partial charge is 0.356 e. The van der Waals surface area contributed by atoms with Crippen molar-refractivity contribution in [3.8, 4) is 0 Å². The van der Waals surface area contributed by atoms with Crippen LogP contribution in [0.2, 0.25) is 0 Å². The average Bonchev–Trinajstić information content (AvgIpc) is 3.04. The number of nitrogens with one attached hydrogen (secondary N) is 1. The molecule has 8 nitrogen and oxygen atoms in total. The van der Waals surface area contributed by atoms with E-state index in [-0.39, 0.29) is 5.69 Å². The van der Waals surface area contributed by atoms with Crippen LogP contribution in [0, 0.1) is 6.92 Å². The molecule has 1 amide bonds. The number of carboxylic acids is 1. The van der Waals surface area contributed by atoms with E-state index in [1.165, 1.54) is 18.6 Å². The molecule has 0 aliphatic heterocycles. The number of benzene rings is 1. The second-order valence-corrected chi connectivity index (χ2v) is 5.37. The van der Waals surface area contributed by atoms with Crippen LogP contribution < -0.4 is 5.32 Å². The Morgan fingerprint density at radius 3 is 2.60 bits per heavy atom. The van der Waals surface area contributed by atoms with Crippen molar-refractivity contribution in [1.82, 2.24) is 19.7 Å². The highest BCUT2D eigenvalue weighted by Gasteiger charge is 2.19. The summed E-state index contributed by atoms with van der Waals surface area (Å²) >= 11 is 0. The lowest BCUT2D eigenvalue weighted by atomic mass is 10.1. The molecule has 0 fully saturated rings. The number of carboxylic acid groups (broad SMARTS) is 1. The standard InChI is InChI=1S/C17H15N5O3/c1-11-4-2-3-5-12(11)9-22-10-13(8-20-22)21-16(23)14-15(17(24)25)19-7-6-18-14/h2-8,10H,9H2,1H3,(H,21,23)(H,24,25). The number of carbonyl (C=O) groups excluding carboxylic acids is 1. The molecule has 0 radical (unpaired) electrons. The highest BCUT2D eigenvalue weighted by atomic mass is 16.4. The van der Waals surface area contributed by atoms with Crippen molar-refractivity contribution >= 4 is 17.6 Å². The predicted molar refractivity (Wildman–Crippen MR) is 89.5 cm³/mol. The zero-order valence-electron chi connectivity index (χ0n) is 13.4. The van der Waals surface area contributed by atoms with Gasteiger partial charge in [-0.1, -0.05) is 24.3 Å². The molecule has 0 bridgehead atoms. The van der Waals surface area contributed by atoms with E-state index in [0.717, 1.165) is 11.1 Å². The minimum absolute atomic E-state index is 0.248.